The first-order chi connectivity index (χ1) is 17.5. The molecular formula is C30H24N2O4. The topological polar surface area (TPSA) is 89.4 Å². The van der Waals surface area contributed by atoms with Gasteiger partial charge in [0, 0.05) is 11.3 Å². The first-order valence-corrected chi connectivity index (χ1v) is 11.3. The number of aromatic nitrogens is 2. The Bertz CT molecular complexity index is 1440. The van der Waals surface area contributed by atoms with Crippen LogP contribution in [0, 0.1) is 6.92 Å². The number of carboxylic acids is 1. The minimum absolute atomic E-state index is 0.144. The molecule has 0 unspecified atom stereocenters. The molecule has 0 spiro atoms. The number of carbonyl (C=O) groups is 2. The molecule has 0 bridgehead atoms. The van der Waals surface area contributed by atoms with Crippen LogP contribution in [0.15, 0.2) is 84.9 Å². The molecule has 4 aromatic rings. The molecule has 0 amide bonds. The van der Waals surface area contributed by atoms with Gasteiger partial charge < -0.3 is 9.84 Å². The van der Waals surface area contributed by atoms with Crippen LogP contribution in [0.5, 0.6) is 5.75 Å². The Balaban J connectivity index is 1.58. The van der Waals surface area contributed by atoms with E-state index in [-0.39, 0.29) is 12.1 Å². The second-order valence-corrected chi connectivity index (χ2v) is 8.06. The SMILES string of the molecule is Cc1cccc(C=Cc2cc(CC(=O)O)ccc2OC(=O)c2cccc(C=Cc3ccccc3)n2)n1. The maximum absolute atomic E-state index is 12.9. The number of nitrogens with zero attached hydrogens (tertiary/aromatic N) is 2. The van der Waals surface area contributed by atoms with Crippen molar-refractivity contribution in [2.45, 2.75) is 13.3 Å². The number of aliphatic carboxylic acids is 1. The molecule has 0 fully saturated rings. The van der Waals surface area contributed by atoms with Gasteiger partial charge in [-0.25, -0.2) is 9.78 Å². The second kappa shape index (κ2) is 11.5. The summed E-state index contributed by atoms with van der Waals surface area (Å²) in [6, 6.07) is 25.5. The molecule has 0 aliphatic carbocycles. The highest BCUT2D eigenvalue weighted by atomic mass is 16.5. The third-order valence-corrected chi connectivity index (χ3v) is 5.20. The summed E-state index contributed by atoms with van der Waals surface area (Å²) in [4.78, 5) is 33.0. The molecule has 0 saturated carbocycles. The molecule has 6 nitrogen and oxygen atoms in total. The van der Waals surface area contributed by atoms with E-state index in [1.807, 2.05) is 67.6 Å². The Morgan fingerprint density at radius 1 is 0.806 bits per heavy atom. The van der Waals surface area contributed by atoms with Crippen molar-refractivity contribution >= 4 is 36.2 Å². The van der Waals surface area contributed by atoms with Crippen molar-refractivity contribution in [3.63, 3.8) is 0 Å². The van der Waals surface area contributed by atoms with Crippen molar-refractivity contribution in [1.29, 1.82) is 0 Å². The molecule has 0 saturated heterocycles. The van der Waals surface area contributed by atoms with Gasteiger partial charge in [0.2, 0.25) is 0 Å². The van der Waals surface area contributed by atoms with Crippen LogP contribution >= 0.6 is 0 Å². The average molecular weight is 477 g/mol. The van der Waals surface area contributed by atoms with Crippen LogP contribution < -0.4 is 4.74 Å². The zero-order valence-corrected chi connectivity index (χ0v) is 19.7. The van der Waals surface area contributed by atoms with Crippen LogP contribution in [-0.4, -0.2) is 27.0 Å². The summed E-state index contributed by atoms with van der Waals surface area (Å²) in [6.07, 6.45) is 7.14. The van der Waals surface area contributed by atoms with Crippen LogP contribution in [0.25, 0.3) is 24.3 Å². The molecule has 36 heavy (non-hydrogen) atoms. The molecule has 0 aliphatic heterocycles. The molecule has 1 N–H and O–H groups in total. The van der Waals surface area contributed by atoms with E-state index in [0.717, 1.165) is 17.0 Å². The van der Waals surface area contributed by atoms with E-state index in [9.17, 15) is 14.7 Å². The van der Waals surface area contributed by atoms with Gasteiger partial charge in [0.25, 0.3) is 0 Å². The molecule has 178 valence electrons. The summed E-state index contributed by atoms with van der Waals surface area (Å²) >= 11 is 0. The van der Waals surface area contributed by atoms with E-state index >= 15 is 0 Å². The number of benzene rings is 2. The second-order valence-electron chi connectivity index (χ2n) is 8.06. The molecule has 2 aromatic heterocycles. The minimum atomic E-state index is -0.945. The molecule has 2 aromatic carbocycles. The predicted octanol–water partition coefficient (Wildman–Crippen LogP) is 5.97. The fourth-order valence-corrected chi connectivity index (χ4v) is 3.49. The molecule has 6 heteroatoms. The number of hydrogen-bond acceptors (Lipinski definition) is 5. The smallest absolute Gasteiger partial charge is 0.362 e. The van der Waals surface area contributed by atoms with Crippen LogP contribution in [0.2, 0.25) is 0 Å². The summed E-state index contributed by atoms with van der Waals surface area (Å²) in [5.74, 6) is -1.26. The Morgan fingerprint density at radius 2 is 1.53 bits per heavy atom. The summed E-state index contributed by atoms with van der Waals surface area (Å²) in [5, 5.41) is 9.17. The number of pyridine rings is 2. The number of ether oxygens (including phenoxy) is 1. The predicted molar refractivity (Wildman–Crippen MR) is 140 cm³/mol. The largest absolute Gasteiger partial charge is 0.481 e. The zero-order chi connectivity index (χ0) is 25.3. The van der Waals surface area contributed by atoms with Gasteiger partial charge in [-0.05, 0) is 72.7 Å². The number of hydrogen-bond donors (Lipinski definition) is 1. The normalized spacial score (nSPS) is 11.1. The van der Waals surface area contributed by atoms with Crippen LogP contribution in [-0.2, 0) is 11.2 Å². The van der Waals surface area contributed by atoms with Crippen molar-refractivity contribution in [3.8, 4) is 5.75 Å². The Morgan fingerprint density at radius 3 is 2.28 bits per heavy atom. The first kappa shape index (κ1) is 24.3. The summed E-state index contributed by atoms with van der Waals surface area (Å²) in [7, 11) is 0. The lowest BCUT2D eigenvalue weighted by Crippen LogP contribution is -2.12. The van der Waals surface area contributed by atoms with E-state index in [4.69, 9.17) is 4.74 Å². The van der Waals surface area contributed by atoms with Crippen LogP contribution in [0.1, 0.15) is 44.3 Å². The number of carboxylic acid groups (broad SMARTS) is 1. The molecule has 2 heterocycles. The third kappa shape index (κ3) is 6.84. The summed E-state index contributed by atoms with van der Waals surface area (Å²) < 4.78 is 5.68. The number of esters is 1. The van der Waals surface area contributed by atoms with E-state index in [1.54, 1.807) is 48.6 Å². The standard InChI is InChI=1S/C30H24N2O4/c1-21-7-5-10-25(31-21)17-15-24-19-23(20-29(33)34)14-18-28(24)36-30(35)27-12-6-11-26(32-27)16-13-22-8-3-2-4-9-22/h2-19H,20H2,1H3,(H,33,34). The quantitative estimate of drug-likeness (QED) is 0.249. The molecule has 0 radical (unpaired) electrons. The number of rotatable bonds is 8. The highest BCUT2D eigenvalue weighted by Crippen LogP contribution is 2.24. The fraction of sp³-hybridized carbons (Fsp3) is 0.0667. The zero-order valence-electron chi connectivity index (χ0n) is 19.7. The average Bonchev–Trinajstić information content (AvgIpc) is 2.88. The van der Waals surface area contributed by atoms with E-state index in [1.165, 1.54) is 0 Å². The monoisotopic (exact) mass is 476 g/mol. The molecule has 4 rings (SSSR count). The Labute approximate surface area is 209 Å². The summed E-state index contributed by atoms with van der Waals surface area (Å²) in [6.45, 7) is 1.90. The van der Waals surface area contributed by atoms with E-state index in [0.29, 0.717) is 22.6 Å². The van der Waals surface area contributed by atoms with Gasteiger partial charge in [0.05, 0.1) is 17.8 Å². The highest BCUT2D eigenvalue weighted by Gasteiger charge is 2.14. The summed E-state index contributed by atoms with van der Waals surface area (Å²) in [5.41, 5.74) is 4.56. The maximum Gasteiger partial charge on any atom is 0.362 e. The van der Waals surface area contributed by atoms with Crippen molar-refractivity contribution in [3.05, 3.63) is 124 Å². The van der Waals surface area contributed by atoms with Crippen molar-refractivity contribution in [2.24, 2.45) is 0 Å². The van der Waals surface area contributed by atoms with Crippen LogP contribution in [0.4, 0.5) is 0 Å². The number of aryl methyl sites for hydroxylation is 1. The molecule has 0 aliphatic rings. The Hall–Kier alpha value is -4.84. The van der Waals surface area contributed by atoms with E-state index in [2.05, 4.69) is 9.97 Å². The first-order valence-electron chi connectivity index (χ1n) is 11.3. The van der Waals surface area contributed by atoms with Crippen molar-refractivity contribution in [1.82, 2.24) is 9.97 Å². The fourth-order valence-electron chi connectivity index (χ4n) is 3.49. The van der Waals surface area contributed by atoms with Crippen molar-refractivity contribution < 1.29 is 19.4 Å². The van der Waals surface area contributed by atoms with Gasteiger partial charge in [-0.1, -0.05) is 54.6 Å². The maximum atomic E-state index is 12.9. The lowest BCUT2D eigenvalue weighted by atomic mass is 10.1. The third-order valence-electron chi connectivity index (χ3n) is 5.20. The van der Waals surface area contributed by atoms with Gasteiger partial charge >= 0.3 is 11.9 Å². The Kier molecular flexibility index (Phi) is 7.78. The minimum Gasteiger partial charge on any atom is -0.481 e. The van der Waals surface area contributed by atoms with Gasteiger partial charge in [0.15, 0.2) is 0 Å². The van der Waals surface area contributed by atoms with Crippen LogP contribution in [0.3, 0.4) is 0 Å². The van der Waals surface area contributed by atoms with Gasteiger partial charge in [-0.3, -0.25) is 9.78 Å². The van der Waals surface area contributed by atoms with E-state index < -0.39 is 11.9 Å². The molecular weight excluding hydrogens is 452 g/mol. The molecule has 0 atom stereocenters. The van der Waals surface area contributed by atoms with Gasteiger partial charge in [0.1, 0.15) is 11.4 Å². The van der Waals surface area contributed by atoms with Gasteiger partial charge in [-0.2, -0.15) is 0 Å². The lowest BCUT2D eigenvalue weighted by molar-refractivity contribution is -0.136. The lowest BCUT2D eigenvalue weighted by Gasteiger charge is -2.09. The highest BCUT2D eigenvalue weighted by molar-refractivity contribution is 5.90. The number of carbonyl (C=O) groups excluding carboxylic acids is 1. The van der Waals surface area contributed by atoms with Crippen molar-refractivity contribution in [2.75, 3.05) is 0 Å². The van der Waals surface area contributed by atoms with Gasteiger partial charge in [-0.15, -0.1) is 0 Å².